The highest BCUT2D eigenvalue weighted by Crippen LogP contribution is 2.14. The molecule has 15 heavy (non-hydrogen) atoms. The molecule has 2 N–H and O–H groups in total. The van der Waals surface area contributed by atoms with Crippen LogP contribution in [0.4, 0.5) is 0 Å². The van der Waals surface area contributed by atoms with Crippen molar-refractivity contribution < 1.29 is 0 Å². The van der Waals surface area contributed by atoms with Gasteiger partial charge < -0.3 is 10.9 Å². The zero-order chi connectivity index (χ0) is 10.3. The van der Waals surface area contributed by atoms with Crippen LogP contribution in [0.15, 0.2) is 24.3 Å². The fourth-order valence-corrected chi connectivity index (χ4v) is 1.82. The SMILES string of the molecule is Clc1ccc2nc3c(cc2c1)=CNNC=3. The maximum absolute atomic E-state index is 5.93. The van der Waals surface area contributed by atoms with Gasteiger partial charge in [-0.2, -0.15) is 0 Å². The Labute approximate surface area is 91.1 Å². The van der Waals surface area contributed by atoms with Crippen LogP contribution in [-0.4, -0.2) is 4.98 Å². The third kappa shape index (κ3) is 1.41. The Bertz CT molecular complexity index is 649. The predicted molar refractivity (Wildman–Crippen MR) is 61.2 cm³/mol. The third-order valence-corrected chi connectivity index (χ3v) is 2.59. The number of hydrogen-bond donors (Lipinski definition) is 2. The molecular formula is C11H8ClN3. The highest BCUT2D eigenvalue weighted by atomic mass is 35.5. The first-order chi connectivity index (χ1) is 7.33. The van der Waals surface area contributed by atoms with Crippen LogP contribution in [0.2, 0.25) is 5.02 Å². The Morgan fingerprint density at radius 3 is 2.87 bits per heavy atom. The molecule has 2 aromatic rings. The lowest BCUT2D eigenvalue weighted by molar-refractivity contribution is 0.838. The number of nitrogens with one attached hydrogen (secondary N) is 2. The first-order valence-corrected chi connectivity index (χ1v) is 4.98. The Morgan fingerprint density at radius 2 is 1.93 bits per heavy atom. The van der Waals surface area contributed by atoms with E-state index in [0.29, 0.717) is 0 Å². The molecule has 0 unspecified atom stereocenters. The number of hydrogen-bond acceptors (Lipinski definition) is 3. The lowest BCUT2D eigenvalue weighted by atomic mass is 10.2. The first kappa shape index (κ1) is 8.56. The van der Waals surface area contributed by atoms with Crippen LogP contribution < -0.4 is 21.4 Å². The lowest BCUT2D eigenvalue weighted by Gasteiger charge is -2.06. The summed E-state index contributed by atoms with van der Waals surface area (Å²) >= 11 is 5.93. The molecule has 3 nitrogen and oxygen atoms in total. The summed E-state index contributed by atoms with van der Waals surface area (Å²) in [6, 6.07) is 7.75. The molecule has 3 rings (SSSR count). The van der Waals surface area contributed by atoms with Crippen LogP contribution in [0.25, 0.3) is 23.3 Å². The first-order valence-electron chi connectivity index (χ1n) is 4.61. The van der Waals surface area contributed by atoms with E-state index in [4.69, 9.17) is 11.6 Å². The van der Waals surface area contributed by atoms with Crippen molar-refractivity contribution in [3.63, 3.8) is 0 Å². The molecule has 1 aliphatic heterocycles. The maximum Gasteiger partial charge on any atom is 0.0900 e. The number of nitrogens with zero attached hydrogens (tertiary/aromatic N) is 1. The molecule has 2 heterocycles. The number of pyridine rings is 1. The van der Waals surface area contributed by atoms with E-state index in [9.17, 15) is 0 Å². The molecule has 1 aliphatic rings. The molecule has 0 spiro atoms. The zero-order valence-corrected chi connectivity index (χ0v) is 8.55. The van der Waals surface area contributed by atoms with Gasteiger partial charge in [-0.05, 0) is 24.3 Å². The predicted octanol–water partition coefficient (Wildman–Crippen LogP) is 0.472. The van der Waals surface area contributed by atoms with Crippen molar-refractivity contribution in [3.8, 4) is 0 Å². The number of benzene rings is 1. The van der Waals surface area contributed by atoms with Gasteiger partial charge in [-0.1, -0.05) is 11.6 Å². The molecule has 0 radical (unpaired) electrons. The fraction of sp³-hybridized carbons (Fsp3) is 0. The summed E-state index contributed by atoms with van der Waals surface area (Å²) in [5, 5.41) is 3.77. The Morgan fingerprint density at radius 1 is 1.07 bits per heavy atom. The summed E-state index contributed by atoms with van der Waals surface area (Å²) in [5.41, 5.74) is 6.77. The summed E-state index contributed by atoms with van der Waals surface area (Å²) < 4.78 is 0. The molecule has 4 heteroatoms. The topological polar surface area (TPSA) is 37.0 Å². The Hall–Kier alpha value is -1.74. The third-order valence-electron chi connectivity index (χ3n) is 2.36. The fourth-order valence-electron chi connectivity index (χ4n) is 1.64. The average Bonchev–Trinajstić information content (AvgIpc) is 2.26. The zero-order valence-electron chi connectivity index (χ0n) is 7.79. The van der Waals surface area contributed by atoms with E-state index in [0.717, 1.165) is 26.5 Å². The van der Waals surface area contributed by atoms with E-state index >= 15 is 0 Å². The second-order valence-corrected chi connectivity index (χ2v) is 3.81. The van der Waals surface area contributed by atoms with Crippen LogP contribution in [-0.2, 0) is 0 Å². The molecule has 0 bridgehead atoms. The van der Waals surface area contributed by atoms with Crippen LogP contribution in [0, 0.1) is 0 Å². The second kappa shape index (κ2) is 3.14. The minimum Gasteiger partial charge on any atom is -0.308 e. The summed E-state index contributed by atoms with van der Waals surface area (Å²) in [4.78, 5) is 4.51. The van der Waals surface area contributed by atoms with Crippen LogP contribution >= 0.6 is 11.6 Å². The number of rotatable bonds is 0. The smallest absolute Gasteiger partial charge is 0.0900 e. The van der Waals surface area contributed by atoms with Crippen molar-refractivity contribution >= 4 is 34.9 Å². The monoisotopic (exact) mass is 217 g/mol. The van der Waals surface area contributed by atoms with Gasteiger partial charge in [-0.25, -0.2) is 4.98 Å². The van der Waals surface area contributed by atoms with E-state index in [1.165, 1.54) is 0 Å². The van der Waals surface area contributed by atoms with Gasteiger partial charge in [0.1, 0.15) is 0 Å². The van der Waals surface area contributed by atoms with Gasteiger partial charge in [0.05, 0.1) is 10.9 Å². The van der Waals surface area contributed by atoms with E-state index < -0.39 is 0 Å². The molecule has 74 valence electrons. The molecule has 0 aliphatic carbocycles. The summed E-state index contributed by atoms with van der Waals surface area (Å²) in [6.07, 6.45) is 3.71. The van der Waals surface area contributed by atoms with Crippen molar-refractivity contribution in [2.45, 2.75) is 0 Å². The number of fused-ring (bicyclic) bond motifs is 2. The molecule has 0 fully saturated rings. The number of halogens is 1. The highest BCUT2D eigenvalue weighted by Gasteiger charge is 1.99. The lowest BCUT2D eigenvalue weighted by Crippen LogP contribution is -2.40. The summed E-state index contributed by atoms with van der Waals surface area (Å²) in [7, 11) is 0. The van der Waals surface area contributed by atoms with Crippen molar-refractivity contribution in [2.75, 3.05) is 0 Å². The summed E-state index contributed by atoms with van der Waals surface area (Å²) in [5.74, 6) is 0. The largest absolute Gasteiger partial charge is 0.308 e. The Balaban J connectivity index is 2.47. The van der Waals surface area contributed by atoms with E-state index in [1.807, 2.05) is 30.6 Å². The van der Waals surface area contributed by atoms with Crippen LogP contribution in [0.3, 0.4) is 0 Å². The standard InChI is InChI=1S/C11H8ClN3/c12-9-1-2-10-7(4-9)3-8-5-13-14-6-11(8)15-10/h1-6,13-14H. The number of hydrazine groups is 1. The normalized spacial score (nSPS) is 13.1. The van der Waals surface area contributed by atoms with Crippen LogP contribution in [0.5, 0.6) is 0 Å². The van der Waals surface area contributed by atoms with Gasteiger partial charge in [0.15, 0.2) is 0 Å². The van der Waals surface area contributed by atoms with Gasteiger partial charge in [-0.3, -0.25) is 0 Å². The molecule has 0 amide bonds. The van der Waals surface area contributed by atoms with E-state index in [2.05, 4.69) is 21.9 Å². The minimum absolute atomic E-state index is 0.732. The number of aromatic nitrogens is 1. The van der Waals surface area contributed by atoms with E-state index in [1.54, 1.807) is 0 Å². The van der Waals surface area contributed by atoms with Gasteiger partial charge in [0.2, 0.25) is 0 Å². The van der Waals surface area contributed by atoms with Gasteiger partial charge in [0.25, 0.3) is 0 Å². The quantitative estimate of drug-likeness (QED) is 0.674. The minimum atomic E-state index is 0.732. The highest BCUT2D eigenvalue weighted by molar-refractivity contribution is 6.31. The van der Waals surface area contributed by atoms with Gasteiger partial charge >= 0.3 is 0 Å². The molecule has 0 saturated carbocycles. The molecule has 0 saturated heterocycles. The van der Waals surface area contributed by atoms with Gasteiger partial charge in [-0.15, -0.1) is 0 Å². The van der Waals surface area contributed by atoms with E-state index in [-0.39, 0.29) is 0 Å². The van der Waals surface area contributed by atoms with Crippen LogP contribution in [0.1, 0.15) is 0 Å². The molecular weight excluding hydrogens is 210 g/mol. The maximum atomic E-state index is 5.93. The molecule has 1 aromatic heterocycles. The second-order valence-electron chi connectivity index (χ2n) is 3.38. The van der Waals surface area contributed by atoms with Crippen molar-refractivity contribution in [3.05, 3.63) is 39.9 Å². The van der Waals surface area contributed by atoms with Crippen molar-refractivity contribution in [1.29, 1.82) is 0 Å². The Kier molecular flexibility index (Phi) is 1.79. The average molecular weight is 218 g/mol. The van der Waals surface area contributed by atoms with Gasteiger partial charge in [0, 0.05) is 28.0 Å². The van der Waals surface area contributed by atoms with Crippen molar-refractivity contribution in [1.82, 2.24) is 15.8 Å². The van der Waals surface area contributed by atoms with Crippen molar-refractivity contribution in [2.24, 2.45) is 0 Å². The molecule has 0 atom stereocenters. The molecule has 1 aromatic carbocycles. The summed E-state index contributed by atoms with van der Waals surface area (Å²) in [6.45, 7) is 0.